The minimum Gasteiger partial charge on any atom is -0.506 e. The van der Waals surface area contributed by atoms with Crippen LogP contribution < -0.4 is 37.9 Å². The fourth-order valence-corrected chi connectivity index (χ4v) is 22.6. The average molecular weight is 2140 g/mol. The second-order valence-corrected chi connectivity index (χ2v) is 39.8. The van der Waals surface area contributed by atoms with Crippen LogP contribution in [0.15, 0.2) is 372 Å². The van der Waals surface area contributed by atoms with Crippen LogP contribution in [0, 0.1) is 27.7 Å². The van der Waals surface area contributed by atoms with Gasteiger partial charge in [-0.25, -0.2) is 19.1 Å². The van der Waals surface area contributed by atoms with Crippen LogP contribution in [0.4, 0.5) is 22.7 Å². The number of aromatic nitrogens is 8. The number of imidazole rings is 2. The molecule has 0 unspecified atom stereocenters. The van der Waals surface area contributed by atoms with Crippen molar-refractivity contribution in [1.82, 2.24) is 19.1 Å². The third kappa shape index (κ3) is 25.0. The van der Waals surface area contributed by atoms with Crippen molar-refractivity contribution in [1.29, 1.82) is 0 Å². The largest absolute Gasteiger partial charge is 0.506 e. The van der Waals surface area contributed by atoms with Gasteiger partial charge < -0.3 is 49.7 Å². The number of aliphatic hydroxyl groups is 5. The van der Waals surface area contributed by atoms with Crippen molar-refractivity contribution in [3.05, 3.63) is 426 Å². The summed E-state index contributed by atoms with van der Waals surface area (Å²) in [4.78, 5) is 44.6. The van der Waals surface area contributed by atoms with Crippen LogP contribution in [0.2, 0.25) is 0 Å². The zero-order valence-electron chi connectivity index (χ0n) is 80.9. The van der Waals surface area contributed by atoms with E-state index in [0.717, 1.165) is 126 Å². The summed E-state index contributed by atoms with van der Waals surface area (Å²) in [5.41, 5.74) is 20.4. The zero-order valence-corrected chi connectivity index (χ0v) is 88.2. The van der Waals surface area contributed by atoms with Gasteiger partial charge in [-0.15, -0.1) is 24.0 Å². The van der Waals surface area contributed by atoms with Crippen molar-refractivity contribution in [2.45, 2.75) is 115 Å². The first-order valence-electron chi connectivity index (χ1n) is 47.6. The minimum absolute atomic E-state index is 0. The summed E-state index contributed by atoms with van der Waals surface area (Å²) in [6.45, 7) is 24.4. The first kappa shape index (κ1) is 108. The highest BCUT2D eigenvalue weighted by Crippen LogP contribution is 2.46. The molecule has 0 bridgehead atoms. The molecule has 0 radical (unpaired) electrons. The standard InChI is InChI=1S/C31H27N3O3S.C31H27N3O2S2.C15H14NS.C12H17N2O.C10H12N2.C8H7NS.C7H7Br.C2H5BrO.2CH4/c2*1-2-32-24-12-6-7-13-25(24)33(16-17-35)28(32)18-22-30(36)23(31(22)37)19-29-34(20-21-10-4-3-5-11-21)26-14-8-9-15-27(26)38-29;1-12-16(11-13-7-3-2-4-8-13)14-9-5-6-10-15(14)17-12;1-3-13-10(2)14(8-9-15)12-7-5-4-6-11(12)13;1-3-12-8(2)11-9-6-4-5-7-10(9)12;1-6-9-7-4-2-3-5-8(7)10-6;8-6-7-4-2-1-3-5-7;3-1-2-4;;/h2*3-15,18-19,35H,2,16-17,20H2,1H3;2-10H,11H2,1H3;4-7,15H,3,8-9H2,1-2H3;4-7H,3H2,1-2H3;2-5H,1H3;1-5H,6H2;4H,1-2H2;2*1H4/q;;2*+1;;;;;;/p+2. The van der Waals surface area contributed by atoms with Gasteiger partial charge in [0.2, 0.25) is 27.3 Å². The van der Waals surface area contributed by atoms with E-state index in [9.17, 15) is 24.9 Å². The number of hydrogen-bond acceptors (Lipinski definition) is 18. The Morgan fingerprint density at radius 3 is 1.18 bits per heavy atom. The maximum atomic E-state index is 13.5. The summed E-state index contributed by atoms with van der Waals surface area (Å²) in [5, 5.41) is 53.5. The van der Waals surface area contributed by atoms with E-state index in [1.165, 1.54) is 63.7 Å². The lowest BCUT2D eigenvalue weighted by Gasteiger charge is -2.27. The predicted molar refractivity (Wildman–Crippen MR) is 611 cm³/mol. The van der Waals surface area contributed by atoms with Gasteiger partial charge in [-0.2, -0.15) is 13.7 Å². The fraction of sp³-hybridized carbons (Fsp3) is 0.220. The number of β-amino-alcohol motifs (C(OH)–C–C–N with tert-alkyl or cyclic N) is 2. The summed E-state index contributed by atoms with van der Waals surface area (Å²) in [6.07, 6.45) is 7.45. The van der Waals surface area contributed by atoms with Gasteiger partial charge in [0.25, 0.3) is 15.8 Å². The lowest BCUT2D eigenvalue weighted by Crippen LogP contribution is -2.38. The third-order valence-electron chi connectivity index (χ3n) is 24.5. The highest BCUT2D eigenvalue weighted by molar-refractivity contribution is 9.09. The van der Waals surface area contributed by atoms with Crippen molar-refractivity contribution in [3.8, 4) is 0 Å². The second-order valence-electron chi connectivity index (χ2n) is 33.4. The number of allylic oxidation sites excluding steroid dienone is 6. The number of aliphatic hydroxyl groups excluding tert-OH is 5. The number of anilines is 4. The molecule has 0 atom stereocenters. The Hall–Kier alpha value is -12.9. The number of hydrogen-bond donors (Lipinski definition) is 6. The molecule has 22 rings (SSSR count). The number of para-hydroxylation sites is 12. The number of halogens is 2. The molecule has 18 aromatic rings. The van der Waals surface area contributed by atoms with E-state index in [0.29, 0.717) is 59.7 Å². The van der Waals surface area contributed by atoms with Gasteiger partial charge in [0.05, 0.1) is 93.1 Å². The van der Waals surface area contributed by atoms with Gasteiger partial charge in [-0.3, -0.25) is 9.59 Å². The Morgan fingerprint density at radius 1 is 0.368 bits per heavy atom. The van der Waals surface area contributed by atoms with Gasteiger partial charge in [0.15, 0.2) is 36.5 Å². The maximum Gasteiger partial charge on any atom is 0.263 e. The summed E-state index contributed by atoms with van der Waals surface area (Å²) in [6, 6.07) is 107. The molecule has 0 saturated carbocycles. The number of carbonyl (C=O) groups is 2. The number of alkyl halides is 2. The Balaban J connectivity index is 0.000000150. The molecule has 19 nitrogen and oxygen atoms in total. The van der Waals surface area contributed by atoms with Gasteiger partial charge in [0, 0.05) is 120 Å². The number of benzene rings is 12. The molecule has 4 aliphatic rings. The van der Waals surface area contributed by atoms with Crippen LogP contribution in [-0.4, -0.2) is 114 Å². The molecule has 0 spiro atoms. The molecule has 0 fully saturated rings. The molecule has 2 aliphatic heterocycles. The average Bonchev–Trinajstić information content (AvgIpc) is 1.56. The first-order chi connectivity index (χ1) is 69.4. The van der Waals surface area contributed by atoms with Crippen LogP contribution in [0.3, 0.4) is 0 Å². The Morgan fingerprint density at radius 2 is 0.750 bits per heavy atom. The second kappa shape index (κ2) is 52.5. The first-order valence-corrected chi connectivity index (χ1v) is 53.6. The van der Waals surface area contributed by atoms with E-state index < -0.39 is 0 Å². The molecule has 0 saturated heterocycles. The quantitative estimate of drug-likeness (QED) is 0.0162. The van der Waals surface area contributed by atoms with E-state index in [1.807, 2.05) is 201 Å². The number of nitrogens with zero attached hydrogens (tertiary/aromatic N) is 12. The van der Waals surface area contributed by atoms with E-state index >= 15 is 0 Å². The smallest absolute Gasteiger partial charge is 0.263 e. The highest BCUT2D eigenvalue weighted by atomic mass is 79.9. The number of ketones is 2. The molecule has 2 aliphatic carbocycles. The molecule has 5 N–H and O–H groups in total. The monoisotopic (exact) mass is 2140 g/mol. The summed E-state index contributed by atoms with van der Waals surface area (Å²) in [7, 11) is 0. The molecule has 0 amide bonds. The van der Waals surface area contributed by atoms with E-state index in [-0.39, 0.29) is 64.2 Å². The van der Waals surface area contributed by atoms with Gasteiger partial charge in [-0.1, -0.05) is 299 Å². The van der Waals surface area contributed by atoms with Crippen molar-refractivity contribution < 1.29 is 53.4 Å². The molecule has 740 valence electrons. The molecule has 144 heavy (non-hydrogen) atoms. The van der Waals surface area contributed by atoms with Gasteiger partial charge in [-0.05, 0) is 138 Å². The van der Waals surface area contributed by atoms with Crippen molar-refractivity contribution in [2.75, 3.05) is 77.5 Å². The number of rotatable bonds is 22. The van der Waals surface area contributed by atoms with E-state index in [1.54, 1.807) is 46.2 Å². The summed E-state index contributed by atoms with van der Waals surface area (Å²) in [5.74, 6) is 3.76. The van der Waals surface area contributed by atoms with Crippen LogP contribution in [0.1, 0.15) is 96.5 Å². The Labute approximate surface area is 882 Å². The topological polar surface area (TPSA) is 199 Å². The SMILES string of the molecule is BrCc1ccccc1.C.C.CCN1C(=CC2=C(O)C(=Cc3sc4ccccc4[n+]3Cc3ccccc3)C2=O)N(CCO)c2ccccc21.CCN1C(=CC2=C(S)C(=Cc3sc4ccccc4[n+]3Cc3ccccc3)C2=O)N(CCO)c2ccccc21.CCn1c(C)[n+](CCO)c2ccccc21.CCn1c(C)nc2ccccc21.Cc1nc2ccccc2s1.Cc1sc2ccccc2[n+]1Cc1ccccc1.OCCBr. The van der Waals surface area contributed by atoms with E-state index in [4.69, 9.17) is 22.8 Å². The molecular formula is C118H126Br2N12O7S5+4. The Kier molecular flexibility index (Phi) is 39.5. The van der Waals surface area contributed by atoms with Crippen molar-refractivity contribution >= 4 is 199 Å². The minimum atomic E-state index is -0.185. The lowest BCUT2D eigenvalue weighted by molar-refractivity contribution is -0.679. The fourth-order valence-electron chi connectivity index (χ4n) is 17.8. The maximum absolute atomic E-state index is 13.5. The third-order valence-corrected chi connectivity index (χ3v) is 30.3. The van der Waals surface area contributed by atoms with Gasteiger partial charge >= 0.3 is 0 Å². The highest BCUT2D eigenvalue weighted by Gasteiger charge is 2.40. The van der Waals surface area contributed by atoms with Gasteiger partial charge in [0.1, 0.15) is 43.9 Å². The summed E-state index contributed by atoms with van der Waals surface area (Å²) >= 11 is 18.0. The lowest BCUT2D eigenvalue weighted by atomic mass is 9.87. The number of aryl methyl sites for hydroxylation is 5. The zero-order chi connectivity index (χ0) is 99.7. The molecular weight excluding hydrogens is 2020 g/mol. The van der Waals surface area contributed by atoms with E-state index in [2.05, 4.69) is 282 Å². The number of thiazole rings is 4. The molecule has 12 aromatic carbocycles. The van der Waals surface area contributed by atoms with Crippen LogP contribution in [-0.2, 0) is 54.2 Å². The molecule has 8 heterocycles. The van der Waals surface area contributed by atoms with Crippen molar-refractivity contribution in [3.63, 3.8) is 0 Å². The van der Waals surface area contributed by atoms with Crippen molar-refractivity contribution in [2.24, 2.45) is 0 Å². The van der Waals surface area contributed by atoms with Crippen LogP contribution in [0.5, 0.6) is 0 Å². The molecule has 6 aromatic heterocycles. The van der Waals surface area contributed by atoms with Crippen LogP contribution >= 0.6 is 89.8 Å². The number of fused-ring (bicyclic) bond motifs is 8. The van der Waals surface area contributed by atoms with Crippen LogP contribution in [0.25, 0.3) is 75.1 Å². The number of Topliss-reactive ketones (excluding diaryl/α,β-unsaturated/α-hetero) is 2. The summed E-state index contributed by atoms with van der Waals surface area (Å²) < 4.78 is 18.4. The molecule has 26 heteroatoms. The predicted octanol–water partition coefficient (Wildman–Crippen LogP) is 24.8. The number of thiol groups is 1. The normalized spacial score (nSPS) is 13.9. The number of carbonyl (C=O) groups excluding carboxylic acids is 2. The Bertz CT molecular complexity index is 7340.